The van der Waals surface area contributed by atoms with Gasteiger partial charge in [-0.25, -0.2) is 0 Å². The van der Waals surface area contributed by atoms with Crippen LogP contribution in [0.4, 0.5) is 0 Å². The first kappa shape index (κ1) is 14.2. The summed E-state index contributed by atoms with van der Waals surface area (Å²) in [5.74, 6) is 3.17. The van der Waals surface area contributed by atoms with Crippen LogP contribution in [0.2, 0.25) is 0 Å². The Kier molecular flexibility index (Phi) is 4.33. The Bertz CT molecular complexity index is 448. The lowest BCUT2D eigenvalue weighted by Crippen LogP contribution is -2.32. The standard InChI is InChI=1S/C16H25NO2/c1-11(2)14-6-5-8-17(9-7-14)16(18)15-10-12(3)19-13(15)4/h10-11,14H,5-9H2,1-4H3. The van der Waals surface area contributed by atoms with Gasteiger partial charge in [0.05, 0.1) is 5.56 Å². The normalized spacial score (nSPS) is 20.7. The Balaban J connectivity index is 2.06. The molecular formula is C16H25NO2. The number of rotatable bonds is 2. The Labute approximate surface area is 116 Å². The molecule has 1 aromatic rings. The van der Waals surface area contributed by atoms with E-state index in [-0.39, 0.29) is 5.91 Å². The van der Waals surface area contributed by atoms with Crippen molar-refractivity contribution in [2.24, 2.45) is 11.8 Å². The molecule has 3 nitrogen and oxygen atoms in total. The molecule has 0 aliphatic carbocycles. The maximum Gasteiger partial charge on any atom is 0.257 e. The van der Waals surface area contributed by atoms with Crippen molar-refractivity contribution in [1.29, 1.82) is 0 Å². The third-order valence-corrected chi connectivity index (χ3v) is 4.27. The molecule has 2 rings (SSSR count). The summed E-state index contributed by atoms with van der Waals surface area (Å²) in [7, 11) is 0. The van der Waals surface area contributed by atoms with Crippen molar-refractivity contribution in [1.82, 2.24) is 4.90 Å². The quantitative estimate of drug-likeness (QED) is 0.813. The summed E-state index contributed by atoms with van der Waals surface area (Å²) in [4.78, 5) is 14.5. The molecule has 0 N–H and O–H groups in total. The lowest BCUT2D eigenvalue weighted by atomic mass is 9.89. The predicted octanol–water partition coefficient (Wildman–Crippen LogP) is 3.79. The van der Waals surface area contributed by atoms with Crippen molar-refractivity contribution in [3.63, 3.8) is 0 Å². The van der Waals surface area contributed by atoms with Crippen molar-refractivity contribution in [3.8, 4) is 0 Å². The van der Waals surface area contributed by atoms with Crippen LogP contribution in [0, 0.1) is 25.7 Å². The molecule has 0 radical (unpaired) electrons. The van der Waals surface area contributed by atoms with Gasteiger partial charge in [-0.1, -0.05) is 13.8 Å². The molecule has 0 aromatic carbocycles. The molecule has 1 aliphatic heterocycles. The molecule has 1 aliphatic rings. The van der Waals surface area contributed by atoms with Gasteiger partial charge in [0.15, 0.2) is 0 Å². The van der Waals surface area contributed by atoms with Gasteiger partial charge in [0.2, 0.25) is 0 Å². The Hall–Kier alpha value is -1.25. The van der Waals surface area contributed by atoms with E-state index in [1.807, 2.05) is 24.8 Å². The van der Waals surface area contributed by atoms with Crippen LogP contribution in [-0.2, 0) is 0 Å². The zero-order valence-electron chi connectivity index (χ0n) is 12.5. The minimum Gasteiger partial charge on any atom is -0.466 e. The van der Waals surface area contributed by atoms with Gasteiger partial charge < -0.3 is 9.32 Å². The number of carbonyl (C=O) groups is 1. The lowest BCUT2D eigenvalue weighted by molar-refractivity contribution is 0.0757. The molecule has 3 heteroatoms. The highest BCUT2D eigenvalue weighted by Gasteiger charge is 2.25. The fraction of sp³-hybridized carbons (Fsp3) is 0.688. The fourth-order valence-corrected chi connectivity index (χ4v) is 3.01. The molecule has 19 heavy (non-hydrogen) atoms. The predicted molar refractivity (Wildman–Crippen MR) is 76.3 cm³/mol. The van der Waals surface area contributed by atoms with E-state index in [1.165, 1.54) is 6.42 Å². The Morgan fingerprint density at radius 1 is 1.32 bits per heavy atom. The van der Waals surface area contributed by atoms with E-state index in [1.54, 1.807) is 0 Å². The van der Waals surface area contributed by atoms with Crippen LogP contribution in [0.5, 0.6) is 0 Å². The highest BCUT2D eigenvalue weighted by Crippen LogP contribution is 2.26. The summed E-state index contributed by atoms with van der Waals surface area (Å²) in [6, 6.07) is 1.86. The average Bonchev–Trinajstić information content (AvgIpc) is 2.57. The second-order valence-corrected chi connectivity index (χ2v) is 6.05. The van der Waals surface area contributed by atoms with Crippen LogP contribution in [0.3, 0.4) is 0 Å². The molecule has 1 saturated heterocycles. The van der Waals surface area contributed by atoms with E-state index in [9.17, 15) is 4.79 Å². The molecule has 0 spiro atoms. The summed E-state index contributed by atoms with van der Waals surface area (Å²) in [5.41, 5.74) is 0.737. The van der Waals surface area contributed by atoms with Gasteiger partial charge in [0.25, 0.3) is 5.91 Å². The number of amides is 1. The van der Waals surface area contributed by atoms with Crippen molar-refractivity contribution < 1.29 is 9.21 Å². The van der Waals surface area contributed by atoms with E-state index in [0.29, 0.717) is 5.92 Å². The lowest BCUT2D eigenvalue weighted by Gasteiger charge is -2.21. The summed E-state index contributed by atoms with van der Waals surface area (Å²) in [6.45, 7) is 10.1. The minimum absolute atomic E-state index is 0.138. The van der Waals surface area contributed by atoms with Gasteiger partial charge in [-0.15, -0.1) is 0 Å². The van der Waals surface area contributed by atoms with Gasteiger partial charge >= 0.3 is 0 Å². The molecule has 1 fully saturated rings. The SMILES string of the molecule is Cc1cc(C(=O)N2CCCC(C(C)C)CC2)c(C)o1. The summed E-state index contributed by atoms with van der Waals surface area (Å²) >= 11 is 0. The van der Waals surface area contributed by atoms with E-state index in [0.717, 1.165) is 48.9 Å². The number of hydrogen-bond donors (Lipinski definition) is 0. The molecule has 1 unspecified atom stereocenters. The first-order chi connectivity index (χ1) is 8.99. The van der Waals surface area contributed by atoms with Crippen LogP contribution in [0.1, 0.15) is 55.0 Å². The Morgan fingerprint density at radius 3 is 2.63 bits per heavy atom. The van der Waals surface area contributed by atoms with Crippen molar-refractivity contribution >= 4 is 5.91 Å². The largest absolute Gasteiger partial charge is 0.466 e. The molecule has 1 aromatic heterocycles. The Morgan fingerprint density at radius 2 is 2.05 bits per heavy atom. The topological polar surface area (TPSA) is 33.5 Å². The van der Waals surface area contributed by atoms with Gasteiger partial charge in [-0.2, -0.15) is 0 Å². The second kappa shape index (κ2) is 5.81. The zero-order valence-corrected chi connectivity index (χ0v) is 12.5. The highest BCUT2D eigenvalue weighted by atomic mass is 16.3. The third kappa shape index (κ3) is 3.20. The number of hydrogen-bond acceptors (Lipinski definition) is 2. The first-order valence-corrected chi connectivity index (χ1v) is 7.35. The van der Waals surface area contributed by atoms with Gasteiger partial charge in [-0.3, -0.25) is 4.79 Å². The number of likely N-dealkylation sites (tertiary alicyclic amines) is 1. The van der Waals surface area contributed by atoms with Crippen molar-refractivity contribution in [3.05, 3.63) is 23.2 Å². The highest BCUT2D eigenvalue weighted by molar-refractivity contribution is 5.95. The first-order valence-electron chi connectivity index (χ1n) is 7.35. The van der Waals surface area contributed by atoms with E-state index in [4.69, 9.17) is 4.42 Å². The van der Waals surface area contributed by atoms with E-state index in [2.05, 4.69) is 13.8 Å². The van der Waals surface area contributed by atoms with Gasteiger partial charge in [0.1, 0.15) is 11.5 Å². The molecular weight excluding hydrogens is 238 g/mol. The number of aryl methyl sites for hydroxylation is 2. The number of nitrogens with zero attached hydrogens (tertiary/aromatic N) is 1. The maximum atomic E-state index is 12.5. The van der Waals surface area contributed by atoms with Crippen LogP contribution in [0.25, 0.3) is 0 Å². The molecule has 1 amide bonds. The summed E-state index contributed by atoms with van der Waals surface area (Å²) in [5, 5.41) is 0. The minimum atomic E-state index is 0.138. The van der Waals surface area contributed by atoms with Gasteiger partial charge in [0, 0.05) is 13.1 Å². The van der Waals surface area contributed by atoms with Crippen LogP contribution in [-0.4, -0.2) is 23.9 Å². The zero-order chi connectivity index (χ0) is 14.0. The monoisotopic (exact) mass is 263 g/mol. The second-order valence-electron chi connectivity index (χ2n) is 6.05. The van der Waals surface area contributed by atoms with Gasteiger partial charge in [-0.05, 0) is 51.0 Å². The van der Waals surface area contributed by atoms with Crippen LogP contribution < -0.4 is 0 Å². The van der Waals surface area contributed by atoms with Crippen LogP contribution >= 0.6 is 0 Å². The smallest absolute Gasteiger partial charge is 0.257 e. The summed E-state index contributed by atoms with van der Waals surface area (Å²) < 4.78 is 5.47. The molecule has 106 valence electrons. The maximum absolute atomic E-state index is 12.5. The number of carbonyl (C=O) groups excluding carboxylic acids is 1. The average molecular weight is 263 g/mol. The van der Waals surface area contributed by atoms with Crippen molar-refractivity contribution in [2.75, 3.05) is 13.1 Å². The summed E-state index contributed by atoms with van der Waals surface area (Å²) in [6.07, 6.45) is 3.48. The third-order valence-electron chi connectivity index (χ3n) is 4.27. The van der Waals surface area contributed by atoms with E-state index < -0.39 is 0 Å². The number of furan rings is 1. The van der Waals surface area contributed by atoms with Crippen molar-refractivity contribution in [2.45, 2.75) is 47.0 Å². The molecule has 0 bridgehead atoms. The van der Waals surface area contributed by atoms with Crippen LogP contribution in [0.15, 0.2) is 10.5 Å². The molecule has 2 heterocycles. The fourth-order valence-electron chi connectivity index (χ4n) is 3.01. The molecule has 0 saturated carbocycles. The van der Waals surface area contributed by atoms with E-state index >= 15 is 0 Å². The molecule has 1 atom stereocenters.